The van der Waals surface area contributed by atoms with Crippen molar-refractivity contribution >= 4 is 0 Å². The monoisotopic (exact) mass is 131 g/mol. The fraction of sp³-hybridized carbons (Fsp3) is 0.333. The molecule has 9 heavy (non-hydrogen) atoms. The van der Waals surface area contributed by atoms with Crippen molar-refractivity contribution in [3.8, 4) is 0 Å². The average Bonchev–Trinajstić information content (AvgIpc) is 1.98. The first-order chi connectivity index (χ1) is 4.13. The zero-order valence-corrected chi connectivity index (χ0v) is 5.28. The number of aryl methyl sites for hydroxylation is 1. The number of hydrogen-bond acceptors (Lipinski definition) is 0. The number of rotatable bonds is 0. The van der Waals surface area contributed by atoms with E-state index in [2.05, 4.69) is 0 Å². The first-order valence-electron chi connectivity index (χ1n) is 2.60. The standard InChI is InChI=1S/C6H7F2N/c1-4-5(7)3-9(2)6(4)8/h3H,1-2H3. The third kappa shape index (κ3) is 0.823. The molecule has 3 heteroatoms. The van der Waals surface area contributed by atoms with E-state index in [9.17, 15) is 8.78 Å². The highest BCUT2D eigenvalue weighted by Gasteiger charge is 2.07. The Labute approximate surface area is 51.9 Å². The normalized spacial score (nSPS) is 10.2. The summed E-state index contributed by atoms with van der Waals surface area (Å²) < 4.78 is 25.9. The molecule has 0 saturated heterocycles. The van der Waals surface area contributed by atoms with Crippen LogP contribution in [0.2, 0.25) is 0 Å². The quantitative estimate of drug-likeness (QED) is 0.504. The van der Waals surface area contributed by atoms with E-state index in [1.165, 1.54) is 14.0 Å². The van der Waals surface area contributed by atoms with Crippen LogP contribution in [-0.4, -0.2) is 4.57 Å². The van der Waals surface area contributed by atoms with Crippen LogP contribution < -0.4 is 0 Å². The summed E-state index contributed by atoms with van der Waals surface area (Å²) in [6, 6.07) is 0. The van der Waals surface area contributed by atoms with E-state index >= 15 is 0 Å². The third-order valence-corrected chi connectivity index (χ3v) is 1.28. The first-order valence-corrected chi connectivity index (χ1v) is 2.60. The summed E-state index contributed by atoms with van der Waals surface area (Å²) >= 11 is 0. The Morgan fingerprint density at radius 2 is 2.00 bits per heavy atom. The third-order valence-electron chi connectivity index (χ3n) is 1.28. The van der Waals surface area contributed by atoms with Gasteiger partial charge in [0.2, 0.25) is 0 Å². The molecule has 1 heterocycles. The fourth-order valence-electron chi connectivity index (χ4n) is 0.687. The second-order valence-corrected chi connectivity index (χ2v) is 2.00. The molecule has 0 aromatic carbocycles. The molecule has 50 valence electrons. The van der Waals surface area contributed by atoms with Crippen LogP contribution in [0, 0.1) is 18.7 Å². The molecule has 0 aliphatic heterocycles. The van der Waals surface area contributed by atoms with Crippen LogP contribution in [-0.2, 0) is 7.05 Å². The molecule has 1 aromatic rings. The molecule has 0 fully saturated rings. The predicted molar refractivity (Wildman–Crippen MR) is 30.1 cm³/mol. The Balaban J connectivity index is 3.29. The van der Waals surface area contributed by atoms with Gasteiger partial charge in [-0.1, -0.05) is 0 Å². The summed E-state index contributed by atoms with van der Waals surface area (Å²) in [5.41, 5.74) is 0.0810. The van der Waals surface area contributed by atoms with Gasteiger partial charge in [-0.3, -0.25) is 0 Å². The van der Waals surface area contributed by atoms with Gasteiger partial charge in [0, 0.05) is 18.8 Å². The second-order valence-electron chi connectivity index (χ2n) is 2.00. The summed E-state index contributed by atoms with van der Waals surface area (Å²) in [6.07, 6.45) is 1.12. The van der Waals surface area contributed by atoms with Crippen molar-refractivity contribution < 1.29 is 8.78 Å². The van der Waals surface area contributed by atoms with Gasteiger partial charge in [0.25, 0.3) is 0 Å². The van der Waals surface area contributed by atoms with Gasteiger partial charge < -0.3 is 4.57 Å². The highest BCUT2D eigenvalue weighted by molar-refractivity contribution is 5.12. The molecule has 0 atom stereocenters. The molecule has 1 rings (SSSR count). The largest absolute Gasteiger partial charge is 0.325 e. The molecule has 1 nitrogen and oxygen atoms in total. The van der Waals surface area contributed by atoms with Gasteiger partial charge in [-0.15, -0.1) is 0 Å². The number of hydrogen-bond donors (Lipinski definition) is 0. The van der Waals surface area contributed by atoms with Crippen LogP contribution in [0.1, 0.15) is 5.56 Å². The van der Waals surface area contributed by atoms with Gasteiger partial charge in [0.05, 0.1) is 0 Å². The molecular weight excluding hydrogens is 124 g/mol. The Hall–Kier alpha value is -0.860. The molecule has 0 radical (unpaired) electrons. The van der Waals surface area contributed by atoms with E-state index in [-0.39, 0.29) is 5.56 Å². The molecular formula is C6H7F2N. The van der Waals surface area contributed by atoms with E-state index in [0.717, 1.165) is 10.8 Å². The number of halogens is 2. The minimum absolute atomic E-state index is 0.0810. The van der Waals surface area contributed by atoms with Gasteiger partial charge in [-0.2, -0.15) is 4.39 Å². The summed E-state index contributed by atoms with van der Waals surface area (Å²) in [6.45, 7) is 1.41. The molecule has 0 saturated carbocycles. The fourth-order valence-corrected chi connectivity index (χ4v) is 0.687. The van der Waals surface area contributed by atoms with Crippen LogP contribution in [0.15, 0.2) is 6.20 Å². The van der Waals surface area contributed by atoms with E-state index in [1.54, 1.807) is 0 Å². The maximum atomic E-state index is 12.5. The summed E-state index contributed by atoms with van der Waals surface area (Å²) in [5, 5.41) is 0. The van der Waals surface area contributed by atoms with E-state index in [1.807, 2.05) is 0 Å². The molecule has 0 bridgehead atoms. The molecule has 0 amide bonds. The SMILES string of the molecule is Cc1c(F)cn(C)c1F. The van der Waals surface area contributed by atoms with Crippen LogP contribution in [0.3, 0.4) is 0 Å². The van der Waals surface area contributed by atoms with Crippen molar-refractivity contribution in [1.29, 1.82) is 0 Å². The van der Waals surface area contributed by atoms with Crippen molar-refractivity contribution in [1.82, 2.24) is 4.57 Å². The molecule has 0 spiro atoms. The van der Waals surface area contributed by atoms with Crippen molar-refractivity contribution in [3.05, 3.63) is 23.5 Å². The summed E-state index contributed by atoms with van der Waals surface area (Å²) in [4.78, 5) is 0. The van der Waals surface area contributed by atoms with Crippen LogP contribution >= 0.6 is 0 Å². The smallest absolute Gasteiger partial charge is 0.199 e. The molecule has 0 unspecified atom stereocenters. The van der Waals surface area contributed by atoms with Crippen LogP contribution in [0.4, 0.5) is 8.78 Å². The molecule has 1 aromatic heterocycles. The first kappa shape index (κ1) is 6.26. The van der Waals surface area contributed by atoms with Crippen molar-refractivity contribution in [2.24, 2.45) is 7.05 Å². The van der Waals surface area contributed by atoms with Crippen LogP contribution in [0.25, 0.3) is 0 Å². The zero-order chi connectivity index (χ0) is 7.02. The van der Waals surface area contributed by atoms with Crippen molar-refractivity contribution in [2.45, 2.75) is 6.92 Å². The van der Waals surface area contributed by atoms with Crippen LogP contribution in [0.5, 0.6) is 0 Å². The molecule has 0 aliphatic rings. The zero-order valence-electron chi connectivity index (χ0n) is 5.28. The lowest BCUT2D eigenvalue weighted by Crippen LogP contribution is -1.88. The van der Waals surface area contributed by atoms with E-state index in [0.29, 0.717) is 0 Å². The summed E-state index contributed by atoms with van der Waals surface area (Å²) in [5.74, 6) is -0.998. The van der Waals surface area contributed by atoms with E-state index < -0.39 is 11.8 Å². The van der Waals surface area contributed by atoms with Crippen molar-refractivity contribution in [3.63, 3.8) is 0 Å². The minimum Gasteiger partial charge on any atom is -0.325 e. The Morgan fingerprint density at radius 3 is 2.11 bits per heavy atom. The second kappa shape index (κ2) is 1.83. The maximum Gasteiger partial charge on any atom is 0.199 e. The molecule has 0 N–H and O–H groups in total. The lowest BCUT2D eigenvalue weighted by molar-refractivity contribution is 0.527. The maximum absolute atomic E-state index is 12.5. The Kier molecular flexibility index (Phi) is 1.27. The highest BCUT2D eigenvalue weighted by Crippen LogP contribution is 2.10. The number of nitrogens with zero attached hydrogens (tertiary/aromatic N) is 1. The summed E-state index contributed by atoms with van der Waals surface area (Å²) in [7, 11) is 1.46. The molecule has 0 aliphatic carbocycles. The van der Waals surface area contributed by atoms with Gasteiger partial charge in [0.1, 0.15) is 5.82 Å². The Bertz CT molecular complexity index is 205. The van der Waals surface area contributed by atoms with E-state index in [4.69, 9.17) is 0 Å². The lowest BCUT2D eigenvalue weighted by Gasteiger charge is -1.88. The topological polar surface area (TPSA) is 4.93 Å². The lowest BCUT2D eigenvalue weighted by atomic mass is 10.4. The van der Waals surface area contributed by atoms with Gasteiger partial charge in [-0.05, 0) is 6.92 Å². The average molecular weight is 131 g/mol. The highest BCUT2D eigenvalue weighted by atomic mass is 19.1. The minimum atomic E-state index is -0.507. The van der Waals surface area contributed by atoms with Crippen molar-refractivity contribution in [2.75, 3.05) is 0 Å². The number of aromatic nitrogens is 1. The predicted octanol–water partition coefficient (Wildman–Crippen LogP) is 1.61. The van der Waals surface area contributed by atoms with Gasteiger partial charge in [0.15, 0.2) is 5.95 Å². The van der Waals surface area contributed by atoms with Gasteiger partial charge >= 0.3 is 0 Å². The Morgan fingerprint density at radius 1 is 1.44 bits per heavy atom. The van der Waals surface area contributed by atoms with Gasteiger partial charge in [-0.25, -0.2) is 4.39 Å².